The minimum atomic E-state index is -0.155. The summed E-state index contributed by atoms with van der Waals surface area (Å²) < 4.78 is 5.47. The van der Waals surface area contributed by atoms with Crippen LogP contribution in [0.4, 0.5) is 0 Å². The fourth-order valence-corrected chi connectivity index (χ4v) is 6.12. The van der Waals surface area contributed by atoms with E-state index >= 15 is 0 Å². The Bertz CT molecular complexity index is 1060. The highest BCUT2D eigenvalue weighted by atomic mass is 32.1. The van der Waals surface area contributed by atoms with Crippen molar-refractivity contribution in [1.29, 1.82) is 0 Å². The van der Waals surface area contributed by atoms with Crippen LogP contribution in [0.15, 0.2) is 46.9 Å². The van der Waals surface area contributed by atoms with E-state index in [1.54, 1.807) is 21.2 Å². The molecule has 3 heterocycles. The number of carbonyl (C=O) groups excluding carboxylic acids is 2. The third-order valence-corrected chi connectivity index (χ3v) is 8.48. The van der Waals surface area contributed by atoms with E-state index in [1.807, 2.05) is 11.4 Å². The van der Waals surface area contributed by atoms with E-state index in [-0.39, 0.29) is 30.3 Å². The van der Waals surface area contributed by atoms with Crippen LogP contribution >= 0.6 is 11.3 Å². The SMILES string of the molecule is Cc1ccc([C@@H]2CC(c3cccs3)=NN2C(=O)CN(CCN2CCOCC2)C(=O)C2CCCC2)cc1. The van der Waals surface area contributed by atoms with Crippen LogP contribution in [0.3, 0.4) is 0 Å². The molecule has 7 nitrogen and oxygen atoms in total. The molecule has 0 unspecified atom stereocenters. The molecule has 1 aromatic carbocycles. The first kappa shape index (κ1) is 25.1. The van der Waals surface area contributed by atoms with Crippen LogP contribution in [-0.2, 0) is 14.3 Å². The van der Waals surface area contributed by atoms with Crippen LogP contribution in [0.1, 0.15) is 54.1 Å². The maximum absolute atomic E-state index is 13.8. The number of carbonyl (C=O) groups is 2. The second-order valence-corrected chi connectivity index (χ2v) is 11.0. The molecular formula is C28H36N4O3S. The van der Waals surface area contributed by atoms with E-state index in [9.17, 15) is 9.59 Å². The summed E-state index contributed by atoms with van der Waals surface area (Å²) in [5.41, 5.74) is 3.20. The zero-order valence-electron chi connectivity index (χ0n) is 21.1. The van der Waals surface area contributed by atoms with Crippen LogP contribution in [0.2, 0.25) is 0 Å². The number of hydrogen-bond acceptors (Lipinski definition) is 6. The number of thiophene rings is 1. The molecule has 2 amide bonds. The van der Waals surface area contributed by atoms with Gasteiger partial charge in [-0.3, -0.25) is 14.5 Å². The van der Waals surface area contributed by atoms with Gasteiger partial charge in [0.2, 0.25) is 5.91 Å². The molecule has 1 aliphatic carbocycles. The van der Waals surface area contributed by atoms with Gasteiger partial charge in [0.05, 0.1) is 29.8 Å². The monoisotopic (exact) mass is 508 g/mol. The van der Waals surface area contributed by atoms with Crippen LogP contribution < -0.4 is 0 Å². The molecule has 0 bridgehead atoms. The summed E-state index contributed by atoms with van der Waals surface area (Å²) in [6, 6.07) is 12.3. The van der Waals surface area contributed by atoms with E-state index in [1.165, 1.54) is 5.56 Å². The fourth-order valence-electron chi connectivity index (χ4n) is 5.40. The molecule has 1 aromatic heterocycles. The van der Waals surface area contributed by atoms with Crippen LogP contribution in [0.25, 0.3) is 0 Å². The fraction of sp³-hybridized carbons (Fsp3) is 0.536. The molecule has 1 atom stereocenters. The molecule has 0 N–H and O–H groups in total. The lowest BCUT2D eigenvalue weighted by atomic mass is 10.00. The first-order valence-electron chi connectivity index (χ1n) is 13.2. The molecule has 2 aromatic rings. The maximum Gasteiger partial charge on any atom is 0.262 e. The Labute approximate surface area is 217 Å². The molecule has 8 heteroatoms. The smallest absolute Gasteiger partial charge is 0.262 e. The van der Waals surface area contributed by atoms with Crippen molar-refractivity contribution in [3.63, 3.8) is 0 Å². The highest BCUT2D eigenvalue weighted by molar-refractivity contribution is 7.12. The Morgan fingerprint density at radius 3 is 2.56 bits per heavy atom. The van der Waals surface area contributed by atoms with E-state index in [0.717, 1.165) is 74.7 Å². The van der Waals surface area contributed by atoms with Crippen molar-refractivity contribution < 1.29 is 14.3 Å². The molecule has 3 aliphatic rings. The predicted octanol–water partition coefficient (Wildman–Crippen LogP) is 4.09. The zero-order chi connectivity index (χ0) is 24.9. The highest BCUT2D eigenvalue weighted by Gasteiger charge is 2.36. The summed E-state index contributed by atoms with van der Waals surface area (Å²) in [4.78, 5) is 32.5. The van der Waals surface area contributed by atoms with E-state index in [0.29, 0.717) is 13.0 Å². The minimum absolute atomic E-state index is 0.0409. The predicted molar refractivity (Wildman–Crippen MR) is 142 cm³/mol. The van der Waals surface area contributed by atoms with Gasteiger partial charge in [-0.1, -0.05) is 48.7 Å². The van der Waals surface area contributed by atoms with E-state index in [4.69, 9.17) is 9.84 Å². The van der Waals surface area contributed by atoms with Gasteiger partial charge in [0.25, 0.3) is 5.91 Å². The molecule has 192 valence electrons. The molecule has 1 saturated carbocycles. The lowest BCUT2D eigenvalue weighted by Crippen LogP contribution is -2.47. The number of hydrazone groups is 1. The van der Waals surface area contributed by atoms with Crippen LogP contribution in [-0.4, -0.2) is 78.3 Å². The number of nitrogens with zero attached hydrogens (tertiary/aromatic N) is 4. The quantitative estimate of drug-likeness (QED) is 0.539. The Kier molecular flexibility index (Phi) is 8.14. The van der Waals surface area contributed by atoms with Crippen molar-refractivity contribution in [3.05, 3.63) is 57.8 Å². The van der Waals surface area contributed by atoms with Crippen LogP contribution in [0.5, 0.6) is 0 Å². The van der Waals surface area contributed by atoms with Crippen molar-refractivity contribution >= 4 is 28.9 Å². The average Bonchev–Trinajstić information content (AvgIpc) is 3.69. The van der Waals surface area contributed by atoms with Crippen molar-refractivity contribution in [1.82, 2.24) is 14.8 Å². The van der Waals surface area contributed by atoms with E-state index < -0.39 is 0 Å². The zero-order valence-corrected chi connectivity index (χ0v) is 21.9. The van der Waals surface area contributed by atoms with Crippen molar-refractivity contribution in [3.8, 4) is 0 Å². The third kappa shape index (κ3) is 5.88. The van der Waals surface area contributed by atoms with Gasteiger partial charge >= 0.3 is 0 Å². The Morgan fingerprint density at radius 2 is 1.86 bits per heavy atom. The summed E-state index contributed by atoms with van der Waals surface area (Å²) in [5, 5.41) is 8.50. The summed E-state index contributed by atoms with van der Waals surface area (Å²) in [7, 11) is 0. The molecule has 2 aliphatic heterocycles. The summed E-state index contributed by atoms with van der Waals surface area (Å²) in [6.07, 6.45) is 4.73. The summed E-state index contributed by atoms with van der Waals surface area (Å²) >= 11 is 1.64. The van der Waals surface area contributed by atoms with Gasteiger partial charge in [0.15, 0.2) is 0 Å². The van der Waals surface area contributed by atoms with Crippen molar-refractivity contribution in [2.24, 2.45) is 11.0 Å². The Balaban J connectivity index is 1.35. The standard InChI is InChI=1S/C28H36N4O3S/c1-21-8-10-22(11-9-21)25-19-24(26-7-4-18-36-26)29-32(25)27(33)20-31(28(34)23-5-2-3-6-23)13-12-30-14-16-35-17-15-30/h4,7-11,18,23,25H,2-3,5-6,12-17,19-20H2,1H3/t25-/m0/s1. The van der Waals surface area contributed by atoms with Crippen molar-refractivity contribution in [2.45, 2.75) is 45.1 Å². The first-order chi connectivity index (χ1) is 17.6. The highest BCUT2D eigenvalue weighted by Crippen LogP contribution is 2.34. The number of benzene rings is 1. The number of ether oxygens (including phenoxy) is 1. The number of hydrogen-bond donors (Lipinski definition) is 0. The molecule has 2 fully saturated rings. The van der Waals surface area contributed by atoms with Crippen molar-refractivity contribution in [2.75, 3.05) is 45.9 Å². The largest absolute Gasteiger partial charge is 0.379 e. The third-order valence-electron chi connectivity index (χ3n) is 7.57. The number of amides is 2. The normalized spacial score (nSPS) is 21.1. The second kappa shape index (κ2) is 11.7. The summed E-state index contributed by atoms with van der Waals surface area (Å²) in [6.45, 7) is 6.65. The molecular weight excluding hydrogens is 472 g/mol. The molecule has 1 saturated heterocycles. The lowest BCUT2D eigenvalue weighted by molar-refractivity contribution is -0.144. The number of aryl methyl sites for hydroxylation is 1. The van der Waals surface area contributed by atoms with Gasteiger partial charge in [0, 0.05) is 38.5 Å². The maximum atomic E-state index is 13.8. The Morgan fingerprint density at radius 1 is 1.11 bits per heavy atom. The number of morpholine rings is 1. The van der Waals surface area contributed by atoms with Gasteiger partial charge in [-0.15, -0.1) is 11.3 Å². The second-order valence-electron chi connectivity index (χ2n) is 10.1. The van der Waals surface area contributed by atoms with Gasteiger partial charge in [-0.2, -0.15) is 5.10 Å². The van der Waals surface area contributed by atoms with Gasteiger partial charge in [-0.25, -0.2) is 5.01 Å². The summed E-state index contributed by atoms with van der Waals surface area (Å²) in [5.74, 6) is 0.0576. The van der Waals surface area contributed by atoms with E-state index in [2.05, 4.69) is 42.2 Å². The first-order valence-corrected chi connectivity index (χ1v) is 14.1. The average molecular weight is 509 g/mol. The topological polar surface area (TPSA) is 65.5 Å². The Hall–Kier alpha value is -2.55. The van der Waals surface area contributed by atoms with Gasteiger partial charge < -0.3 is 9.64 Å². The van der Waals surface area contributed by atoms with Gasteiger partial charge in [0.1, 0.15) is 6.54 Å². The molecule has 0 radical (unpaired) electrons. The lowest BCUT2D eigenvalue weighted by Gasteiger charge is -2.32. The van der Waals surface area contributed by atoms with Gasteiger partial charge in [-0.05, 0) is 36.8 Å². The molecule has 36 heavy (non-hydrogen) atoms. The molecule has 0 spiro atoms. The van der Waals surface area contributed by atoms with Crippen LogP contribution in [0, 0.1) is 12.8 Å². The molecule has 5 rings (SSSR count). The number of rotatable bonds is 8. The minimum Gasteiger partial charge on any atom is -0.379 e.